The molecule has 2 amide bonds. The normalized spacial score (nSPS) is 19.8. The lowest BCUT2D eigenvalue weighted by atomic mass is 9.84. The Bertz CT molecular complexity index is 1150. The number of aliphatic carboxylic acids is 1. The molecule has 0 radical (unpaired) electrons. The van der Waals surface area contributed by atoms with Crippen molar-refractivity contribution in [1.82, 2.24) is 4.90 Å². The van der Waals surface area contributed by atoms with Gasteiger partial charge in [-0.2, -0.15) is 0 Å². The van der Waals surface area contributed by atoms with Crippen molar-refractivity contribution in [2.75, 3.05) is 5.32 Å². The van der Waals surface area contributed by atoms with Gasteiger partial charge in [-0.05, 0) is 70.8 Å². The average molecular weight is 616 g/mol. The summed E-state index contributed by atoms with van der Waals surface area (Å²) in [7, 11) is 0. The molecule has 1 fully saturated rings. The lowest BCUT2D eigenvalue weighted by Crippen LogP contribution is -2.50. The number of nitrogens with one attached hydrogen (secondary N) is 1. The monoisotopic (exact) mass is 616 g/mol. The number of carboxylic acid groups (broad SMARTS) is 1. The Hall–Kier alpha value is -2.83. The Morgan fingerprint density at radius 3 is 2.39 bits per heavy atom. The second kappa shape index (κ2) is 10.7. The predicted molar refractivity (Wildman–Crippen MR) is 132 cm³/mol. The fraction of sp³-hybridized carbons (Fsp3) is 0.400. The van der Waals surface area contributed by atoms with Crippen LogP contribution in [0.15, 0.2) is 42.5 Å². The Balaban J connectivity index is 1.78. The molecule has 192 valence electrons. The topological polar surface area (TPSA) is 95.9 Å². The fourth-order valence-electron chi connectivity index (χ4n) is 4.94. The first-order valence-corrected chi connectivity index (χ1v) is 12.6. The molecule has 2 unspecified atom stereocenters. The molecule has 2 N–H and O–H groups in total. The van der Waals surface area contributed by atoms with Gasteiger partial charge in [-0.3, -0.25) is 9.59 Å². The van der Waals surface area contributed by atoms with E-state index in [0.717, 1.165) is 52.7 Å². The highest BCUT2D eigenvalue weighted by atomic mass is 127. The van der Waals surface area contributed by atoms with Gasteiger partial charge in [-0.15, -0.1) is 13.2 Å². The van der Waals surface area contributed by atoms with E-state index in [1.807, 2.05) is 22.6 Å². The number of halogens is 4. The van der Waals surface area contributed by atoms with Crippen LogP contribution in [0.25, 0.3) is 0 Å². The van der Waals surface area contributed by atoms with Gasteiger partial charge in [0.25, 0.3) is 11.8 Å². The maximum absolute atomic E-state index is 13.9. The van der Waals surface area contributed by atoms with Crippen LogP contribution >= 0.6 is 22.6 Å². The highest BCUT2D eigenvalue weighted by Crippen LogP contribution is 2.37. The summed E-state index contributed by atoms with van der Waals surface area (Å²) in [4.78, 5) is 40.9. The molecule has 2 aromatic carbocycles. The van der Waals surface area contributed by atoms with Crippen molar-refractivity contribution in [2.45, 2.75) is 57.0 Å². The summed E-state index contributed by atoms with van der Waals surface area (Å²) in [5.74, 6) is -2.93. The van der Waals surface area contributed by atoms with Crippen molar-refractivity contribution in [2.24, 2.45) is 5.92 Å². The van der Waals surface area contributed by atoms with Crippen LogP contribution < -0.4 is 10.1 Å². The van der Waals surface area contributed by atoms with E-state index in [9.17, 15) is 32.7 Å². The van der Waals surface area contributed by atoms with E-state index in [1.54, 1.807) is 18.2 Å². The zero-order chi connectivity index (χ0) is 26.0. The van der Waals surface area contributed by atoms with Gasteiger partial charge >= 0.3 is 12.3 Å². The average Bonchev–Trinajstić information content (AvgIpc) is 2.92. The third kappa shape index (κ3) is 5.93. The SMILES string of the molecule is O=C(O)C(CC1CCCCC1)N1C(=O)c2cc(I)ccc2NC(=O)C1c1ccc(OC(F)(F)F)cc1. The first-order valence-electron chi connectivity index (χ1n) is 11.5. The van der Waals surface area contributed by atoms with Crippen LogP contribution in [-0.2, 0) is 9.59 Å². The van der Waals surface area contributed by atoms with Gasteiger partial charge in [-0.1, -0.05) is 44.2 Å². The number of anilines is 1. The summed E-state index contributed by atoms with van der Waals surface area (Å²) < 4.78 is 42.5. The molecule has 0 saturated heterocycles. The van der Waals surface area contributed by atoms with Crippen molar-refractivity contribution in [3.8, 4) is 5.75 Å². The van der Waals surface area contributed by atoms with Crippen LogP contribution in [0.2, 0.25) is 0 Å². The van der Waals surface area contributed by atoms with Crippen molar-refractivity contribution < 1.29 is 37.4 Å². The molecule has 1 saturated carbocycles. The van der Waals surface area contributed by atoms with Crippen LogP contribution in [0.5, 0.6) is 5.75 Å². The molecule has 1 aliphatic heterocycles. The van der Waals surface area contributed by atoms with Crippen molar-refractivity contribution in [3.63, 3.8) is 0 Å². The quantitative estimate of drug-likeness (QED) is 0.404. The number of nitrogens with zero attached hydrogens (tertiary/aromatic N) is 1. The lowest BCUT2D eigenvalue weighted by Gasteiger charge is -2.36. The van der Waals surface area contributed by atoms with Crippen molar-refractivity contribution in [3.05, 3.63) is 57.2 Å². The standard InChI is InChI=1S/C25H24F3IN2O5/c26-25(27,28)36-17-9-6-15(7-10-17)21-22(32)30-19-11-8-16(29)13-18(19)23(33)31(21)20(24(34)35)12-14-4-2-1-3-5-14/h6-11,13-14,20-21H,1-5,12H2,(H,30,32)(H,34,35). The highest BCUT2D eigenvalue weighted by Gasteiger charge is 2.44. The van der Waals surface area contributed by atoms with Gasteiger partial charge in [-0.25, -0.2) is 4.79 Å². The molecule has 11 heteroatoms. The molecule has 2 atom stereocenters. The van der Waals surface area contributed by atoms with E-state index in [2.05, 4.69) is 10.1 Å². The van der Waals surface area contributed by atoms with Crippen LogP contribution in [0, 0.1) is 9.49 Å². The van der Waals surface area contributed by atoms with E-state index in [0.29, 0.717) is 0 Å². The van der Waals surface area contributed by atoms with Crippen LogP contribution in [0.1, 0.15) is 60.5 Å². The van der Waals surface area contributed by atoms with Gasteiger partial charge in [0.05, 0.1) is 11.3 Å². The minimum atomic E-state index is -4.89. The molecular weight excluding hydrogens is 592 g/mol. The number of fused-ring (bicyclic) bond motifs is 1. The summed E-state index contributed by atoms with van der Waals surface area (Å²) in [6, 6.07) is 6.75. The molecule has 1 aliphatic carbocycles. The van der Waals surface area contributed by atoms with Gasteiger partial charge in [0.2, 0.25) is 0 Å². The zero-order valence-corrected chi connectivity index (χ0v) is 21.2. The molecule has 0 bridgehead atoms. The van der Waals surface area contributed by atoms with E-state index in [-0.39, 0.29) is 29.2 Å². The van der Waals surface area contributed by atoms with Crippen LogP contribution in [0.3, 0.4) is 0 Å². The molecule has 4 rings (SSSR count). The van der Waals surface area contributed by atoms with Crippen LogP contribution in [0.4, 0.5) is 18.9 Å². The first-order chi connectivity index (χ1) is 17.0. The minimum Gasteiger partial charge on any atom is -0.480 e. The number of carbonyl (C=O) groups is 3. The number of hydrogen-bond acceptors (Lipinski definition) is 4. The Morgan fingerprint density at radius 1 is 1.11 bits per heavy atom. The molecule has 0 spiro atoms. The largest absolute Gasteiger partial charge is 0.573 e. The Kier molecular flexibility index (Phi) is 7.76. The maximum atomic E-state index is 13.9. The molecular formula is C25H24F3IN2O5. The predicted octanol–water partition coefficient (Wildman–Crippen LogP) is 5.75. The highest BCUT2D eigenvalue weighted by molar-refractivity contribution is 14.1. The molecule has 2 aliphatic rings. The molecule has 1 heterocycles. The lowest BCUT2D eigenvalue weighted by molar-refractivity contribution is -0.274. The van der Waals surface area contributed by atoms with Gasteiger partial charge in [0, 0.05) is 3.57 Å². The third-order valence-corrected chi connectivity index (χ3v) is 7.23. The van der Waals surface area contributed by atoms with Gasteiger partial charge < -0.3 is 20.1 Å². The number of amides is 2. The number of carbonyl (C=O) groups excluding carboxylic acids is 2. The van der Waals surface area contributed by atoms with E-state index >= 15 is 0 Å². The molecule has 36 heavy (non-hydrogen) atoms. The summed E-state index contributed by atoms with van der Waals surface area (Å²) in [6.07, 6.45) is -0.0374. The number of benzene rings is 2. The summed E-state index contributed by atoms with van der Waals surface area (Å²) in [6.45, 7) is 0. The van der Waals surface area contributed by atoms with E-state index in [1.165, 1.54) is 12.1 Å². The maximum Gasteiger partial charge on any atom is 0.573 e. The molecule has 2 aromatic rings. The van der Waals surface area contributed by atoms with Crippen molar-refractivity contribution >= 4 is 46.1 Å². The first kappa shape index (κ1) is 26.2. The van der Waals surface area contributed by atoms with Gasteiger partial charge in [0.1, 0.15) is 17.8 Å². The summed E-state index contributed by atoms with van der Waals surface area (Å²) >= 11 is 2.02. The minimum absolute atomic E-state index is 0.0811. The molecule has 7 nitrogen and oxygen atoms in total. The van der Waals surface area contributed by atoms with E-state index in [4.69, 9.17) is 0 Å². The summed E-state index contributed by atoms with van der Waals surface area (Å²) in [5, 5.41) is 12.9. The summed E-state index contributed by atoms with van der Waals surface area (Å²) in [5.41, 5.74) is 0.578. The van der Waals surface area contributed by atoms with Crippen LogP contribution in [-0.4, -0.2) is 40.2 Å². The third-order valence-electron chi connectivity index (χ3n) is 6.56. The Morgan fingerprint density at radius 2 is 1.78 bits per heavy atom. The smallest absolute Gasteiger partial charge is 0.480 e. The second-order valence-electron chi connectivity index (χ2n) is 9.00. The fourth-order valence-corrected chi connectivity index (χ4v) is 5.43. The number of carboxylic acids is 1. The second-order valence-corrected chi connectivity index (χ2v) is 10.3. The number of hydrogen-bond donors (Lipinski definition) is 2. The van der Waals surface area contributed by atoms with Gasteiger partial charge in [0.15, 0.2) is 0 Å². The number of rotatable bonds is 6. The number of alkyl halides is 3. The number of ether oxygens (including phenoxy) is 1. The van der Waals surface area contributed by atoms with E-state index < -0.39 is 42.0 Å². The van der Waals surface area contributed by atoms with Crippen molar-refractivity contribution in [1.29, 1.82) is 0 Å². The Labute approximate surface area is 219 Å². The molecule has 0 aromatic heterocycles. The zero-order valence-electron chi connectivity index (χ0n) is 19.1.